The number of rotatable bonds is 1. The predicted molar refractivity (Wildman–Crippen MR) is 70.3 cm³/mol. The molecule has 17 heavy (non-hydrogen) atoms. The first kappa shape index (κ1) is 10.3. The van der Waals surface area contributed by atoms with Crippen LogP contribution in [0, 0.1) is 11.3 Å². The van der Waals surface area contributed by atoms with Crippen molar-refractivity contribution in [1.82, 2.24) is 4.98 Å². The van der Waals surface area contributed by atoms with Crippen molar-refractivity contribution in [2.75, 3.05) is 12.3 Å². The van der Waals surface area contributed by atoms with Gasteiger partial charge in [-0.1, -0.05) is 12.1 Å². The van der Waals surface area contributed by atoms with Gasteiger partial charge in [-0.15, -0.1) is 11.8 Å². The summed E-state index contributed by atoms with van der Waals surface area (Å²) in [5, 5.41) is 10.9. The van der Waals surface area contributed by atoms with Crippen LogP contribution in [0.3, 0.4) is 0 Å². The normalized spacial score (nSPS) is 14.6. The molecule has 1 aromatic carbocycles. The Morgan fingerprint density at radius 3 is 3.00 bits per heavy atom. The van der Waals surface area contributed by atoms with Crippen LogP contribution in [-0.2, 0) is 0 Å². The van der Waals surface area contributed by atoms with E-state index in [1.165, 1.54) is 0 Å². The molecule has 4 heteroatoms. The first-order valence-electron chi connectivity index (χ1n) is 5.34. The summed E-state index contributed by atoms with van der Waals surface area (Å²) in [6, 6.07) is 10.0. The molecule has 3 rings (SSSR count). The smallest absolute Gasteiger partial charge is 0.101 e. The van der Waals surface area contributed by atoms with Gasteiger partial charge in [0.1, 0.15) is 6.07 Å². The number of hydrogen-bond acceptors (Lipinski definition) is 4. The Balaban J connectivity index is 2.11. The van der Waals surface area contributed by atoms with E-state index in [1.807, 2.05) is 24.3 Å². The molecule has 3 nitrogen and oxygen atoms in total. The van der Waals surface area contributed by atoms with Crippen molar-refractivity contribution in [2.24, 2.45) is 4.99 Å². The summed E-state index contributed by atoms with van der Waals surface area (Å²) in [6.45, 7) is 0.902. The zero-order chi connectivity index (χ0) is 11.7. The lowest BCUT2D eigenvalue weighted by atomic mass is 10.1. The van der Waals surface area contributed by atoms with E-state index >= 15 is 0 Å². The van der Waals surface area contributed by atoms with Crippen molar-refractivity contribution in [3.63, 3.8) is 0 Å². The molecule has 1 aromatic heterocycles. The molecule has 0 aliphatic carbocycles. The molecular weight excluding hydrogens is 230 g/mol. The Morgan fingerprint density at radius 2 is 2.24 bits per heavy atom. The highest BCUT2D eigenvalue weighted by molar-refractivity contribution is 8.14. The van der Waals surface area contributed by atoms with E-state index in [4.69, 9.17) is 5.26 Å². The van der Waals surface area contributed by atoms with E-state index in [0.29, 0.717) is 5.56 Å². The number of hydrogen-bond donors (Lipinski definition) is 0. The fourth-order valence-electron chi connectivity index (χ4n) is 1.83. The lowest BCUT2D eigenvalue weighted by Crippen LogP contribution is -1.92. The molecular formula is C13H9N3S. The summed E-state index contributed by atoms with van der Waals surface area (Å²) >= 11 is 1.78. The number of fused-ring (bicyclic) bond motifs is 1. The second kappa shape index (κ2) is 4.19. The lowest BCUT2D eigenvalue weighted by molar-refractivity contribution is 1.17. The van der Waals surface area contributed by atoms with E-state index in [9.17, 15) is 0 Å². The first-order valence-corrected chi connectivity index (χ1v) is 6.33. The van der Waals surface area contributed by atoms with E-state index in [1.54, 1.807) is 18.0 Å². The number of aromatic nitrogens is 1. The van der Waals surface area contributed by atoms with Gasteiger partial charge in [0, 0.05) is 29.4 Å². The molecule has 0 unspecified atom stereocenters. The number of thioether (sulfide) groups is 1. The van der Waals surface area contributed by atoms with Crippen LogP contribution in [0.1, 0.15) is 11.1 Å². The average Bonchev–Trinajstić information content (AvgIpc) is 2.91. The molecule has 0 spiro atoms. The van der Waals surface area contributed by atoms with Crippen LogP contribution in [0.15, 0.2) is 35.5 Å². The van der Waals surface area contributed by atoms with Gasteiger partial charge in [0.15, 0.2) is 0 Å². The van der Waals surface area contributed by atoms with Crippen molar-refractivity contribution >= 4 is 27.7 Å². The average molecular weight is 239 g/mol. The molecule has 2 heterocycles. The number of nitrogens with zero attached hydrogens (tertiary/aromatic N) is 3. The molecule has 1 aliphatic rings. The summed E-state index contributed by atoms with van der Waals surface area (Å²) in [7, 11) is 0. The van der Waals surface area contributed by atoms with Crippen molar-refractivity contribution in [2.45, 2.75) is 0 Å². The monoisotopic (exact) mass is 239 g/mol. The Labute approximate surface area is 103 Å². The van der Waals surface area contributed by atoms with Crippen molar-refractivity contribution in [3.05, 3.63) is 41.6 Å². The zero-order valence-electron chi connectivity index (χ0n) is 9.05. The van der Waals surface area contributed by atoms with Crippen LogP contribution in [0.25, 0.3) is 10.9 Å². The molecule has 0 saturated carbocycles. The van der Waals surface area contributed by atoms with Crippen LogP contribution >= 0.6 is 11.8 Å². The Morgan fingerprint density at radius 1 is 1.29 bits per heavy atom. The SMILES string of the molecule is N#Cc1cnc2cc(C3=NCCS3)ccc2c1. The molecule has 0 bridgehead atoms. The minimum atomic E-state index is 0.595. The highest BCUT2D eigenvalue weighted by Gasteiger charge is 2.10. The highest BCUT2D eigenvalue weighted by atomic mass is 32.2. The van der Waals surface area contributed by atoms with Crippen molar-refractivity contribution in [3.8, 4) is 6.07 Å². The van der Waals surface area contributed by atoms with Gasteiger partial charge < -0.3 is 0 Å². The highest BCUT2D eigenvalue weighted by Crippen LogP contribution is 2.22. The van der Waals surface area contributed by atoms with Gasteiger partial charge in [-0.3, -0.25) is 9.98 Å². The third kappa shape index (κ3) is 1.90. The molecule has 0 N–H and O–H groups in total. The van der Waals surface area contributed by atoms with Gasteiger partial charge in [-0.25, -0.2) is 0 Å². The standard InChI is InChI=1S/C13H9N3S/c14-7-9-5-10-1-2-11(6-12(10)16-8-9)13-15-3-4-17-13/h1-2,5-6,8H,3-4H2. The summed E-state index contributed by atoms with van der Waals surface area (Å²) < 4.78 is 0. The summed E-state index contributed by atoms with van der Waals surface area (Å²) in [5.41, 5.74) is 2.63. The van der Waals surface area contributed by atoms with E-state index < -0.39 is 0 Å². The number of aliphatic imine (C=N–C) groups is 1. The van der Waals surface area contributed by atoms with Gasteiger partial charge >= 0.3 is 0 Å². The molecule has 0 radical (unpaired) electrons. The van der Waals surface area contributed by atoms with Crippen LogP contribution in [-0.4, -0.2) is 22.3 Å². The summed E-state index contributed by atoms with van der Waals surface area (Å²) in [5.74, 6) is 1.06. The Hall–Kier alpha value is -1.86. The fourth-order valence-corrected chi connectivity index (χ4v) is 2.68. The third-order valence-corrected chi connectivity index (χ3v) is 3.67. The molecule has 82 valence electrons. The second-order valence-electron chi connectivity index (χ2n) is 3.78. The van der Waals surface area contributed by atoms with Gasteiger partial charge in [0.05, 0.1) is 16.1 Å². The molecule has 0 amide bonds. The van der Waals surface area contributed by atoms with E-state index in [0.717, 1.165) is 33.8 Å². The summed E-state index contributed by atoms with van der Waals surface area (Å²) in [4.78, 5) is 8.74. The van der Waals surface area contributed by atoms with E-state index in [2.05, 4.69) is 16.0 Å². The maximum atomic E-state index is 8.81. The maximum Gasteiger partial charge on any atom is 0.101 e. The van der Waals surface area contributed by atoms with Crippen LogP contribution in [0.5, 0.6) is 0 Å². The van der Waals surface area contributed by atoms with Crippen LogP contribution in [0.4, 0.5) is 0 Å². The minimum Gasteiger partial charge on any atom is -0.277 e. The molecule has 0 saturated heterocycles. The van der Waals surface area contributed by atoms with Crippen molar-refractivity contribution < 1.29 is 0 Å². The zero-order valence-corrected chi connectivity index (χ0v) is 9.87. The van der Waals surface area contributed by atoms with Crippen LogP contribution in [0.2, 0.25) is 0 Å². The Bertz CT molecular complexity index is 655. The molecule has 0 fully saturated rings. The molecule has 0 atom stereocenters. The third-order valence-electron chi connectivity index (χ3n) is 2.65. The fraction of sp³-hybridized carbons (Fsp3) is 0.154. The number of benzene rings is 1. The minimum absolute atomic E-state index is 0.595. The van der Waals surface area contributed by atoms with Gasteiger partial charge in [0.25, 0.3) is 0 Å². The topological polar surface area (TPSA) is 49.0 Å². The quantitative estimate of drug-likeness (QED) is 0.768. The first-order chi connectivity index (χ1) is 8.36. The number of pyridine rings is 1. The molecule has 1 aliphatic heterocycles. The largest absolute Gasteiger partial charge is 0.277 e. The lowest BCUT2D eigenvalue weighted by Gasteiger charge is -2.02. The molecule has 2 aromatic rings. The number of nitriles is 1. The summed E-state index contributed by atoms with van der Waals surface area (Å²) in [6.07, 6.45) is 1.61. The van der Waals surface area contributed by atoms with Crippen molar-refractivity contribution in [1.29, 1.82) is 5.26 Å². The second-order valence-corrected chi connectivity index (χ2v) is 4.86. The predicted octanol–water partition coefficient (Wildman–Crippen LogP) is 2.60. The van der Waals surface area contributed by atoms with Gasteiger partial charge in [0.2, 0.25) is 0 Å². The van der Waals surface area contributed by atoms with Gasteiger partial charge in [-0.05, 0) is 12.1 Å². The van der Waals surface area contributed by atoms with Crippen LogP contribution < -0.4 is 0 Å². The van der Waals surface area contributed by atoms with E-state index in [-0.39, 0.29) is 0 Å². The maximum absolute atomic E-state index is 8.81. The Kier molecular flexibility index (Phi) is 2.54. The van der Waals surface area contributed by atoms with Gasteiger partial charge in [-0.2, -0.15) is 5.26 Å².